The molecule has 0 spiro atoms. The third-order valence-electron chi connectivity index (χ3n) is 10.8. The maximum absolute atomic E-state index is 14.3. The zero-order valence-corrected chi connectivity index (χ0v) is 31.7. The van der Waals surface area contributed by atoms with Gasteiger partial charge in [-0.05, 0) is 72.5 Å². The number of Topliss-reactive ketones (excluding diaryl/α,β-unsaturated/α-hetero) is 1. The minimum atomic E-state index is -1.73. The molecule has 3 heterocycles. The number of esters is 1. The number of rotatable bonds is 7. The molecule has 0 unspecified atom stereocenters. The van der Waals surface area contributed by atoms with Crippen LogP contribution in [0.5, 0.6) is 0 Å². The van der Waals surface area contributed by atoms with E-state index in [1.165, 1.54) is 13.8 Å². The maximum Gasteiger partial charge on any atom is 0.316 e. The van der Waals surface area contributed by atoms with E-state index in [4.69, 9.17) is 28.5 Å². The van der Waals surface area contributed by atoms with Crippen molar-refractivity contribution in [2.24, 2.45) is 22.9 Å². The van der Waals surface area contributed by atoms with Crippen LogP contribution in [0.25, 0.3) is 0 Å². The summed E-state index contributed by atoms with van der Waals surface area (Å²) in [5, 5.41) is 37.1. The molecular formula is C38H59N3O10. The molecule has 1 aromatic carbocycles. The Morgan fingerprint density at radius 3 is 2.41 bits per heavy atom. The van der Waals surface area contributed by atoms with E-state index in [0.717, 1.165) is 5.56 Å². The Kier molecular flexibility index (Phi) is 14.0. The maximum atomic E-state index is 14.3. The van der Waals surface area contributed by atoms with Crippen LogP contribution in [0.4, 0.5) is 0 Å². The zero-order chi connectivity index (χ0) is 37.7. The number of nitrogens with zero attached hydrogens (tertiary/aromatic N) is 2. The van der Waals surface area contributed by atoms with Crippen LogP contribution in [0.3, 0.4) is 0 Å². The van der Waals surface area contributed by atoms with Crippen LogP contribution in [0, 0.1) is 23.2 Å². The highest BCUT2D eigenvalue weighted by Crippen LogP contribution is 2.38. The SMILES string of the molecule is CC[C@H]1OC(=O)[C@H](C)C(=O)[C@H](C)[C@@H](O[C@@H]2O[C@H](C)C[C@H](N(C)C)[C@H]2O)[C@@]2(C)C[C@@H](C)C(=N)C[C@@H](OC/C(=N/OCc3ccccc3)CO2)[C@]1(C)O. The van der Waals surface area contributed by atoms with Gasteiger partial charge in [-0.2, -0.15) is 0 Å². The van der Waals surface area contributed by atoms with Crippen LogP contribution >= 0.6 is 0 Å². The number of ketones is 1. The molecule has 51 heavy (non-hydrogen) atoms. The van der Waals surface area contributed by atoms with Gasteiger partial charge in [0.2, 0.25) is 0 Å². The first-order valence-corrected chi connectivity index (χ1v) is 18.1. The molecule has 4 rings (SSSR count). The molecule has 13 nitrogen and oxygen atoms in total. The van der Waals surface area contributed by atoms with Gasteiger partial charge in [-0.25, -0.2) is 0 Å². The molecule has 3 saturated heterocycles. The number of aliphatic hydroxyl groups excluding tert-OH is 1. The molecule has 3 aliphatic heterocycles. The van der Waals surface area contributed by atoms with Gasteiger partial charge in [0.1, 0.15) is 36.0 Å². The molecule has 3 N–H and O–H groups in total. The Morgan fingerprint density at radius 1 is 1.08 bits per heavy atom. The summed E-state index contributed by atoms with van der Waals surface area (Å²) < 4.78 is 31.8. The van der Waals surface area contributed by atoms with Crippen molar-refractivity contribution >= 4 is 23.2 Å². The summed E-state index contributed by atoms with van der Waals surface area (Å²) >= 11 is 0. The number of hydrogen-bond acceptors (Lipinski definition) is 13. The number of cyclic esters (lactones) is 1. The van der Waals surface area contributed by atoms with Crippen LogP contribution in [-0.2, 0) is 44.7 Å². The van der Waals surface area contributed by atoms with Crippen molar-refractivity contribution in [3.8, 4) is 0 Å². The first-order chi connectivity index (χ1) is 24.0. The number of likely N-dealkylation sites (N-methyl/N-ethyl adjacent to an activating group) is 1. The molecule has 3 fully saturated rings. The molecule has 0 saturated carbocycles. The fraction of sp³-hybridized carbons (Fsp3) is 0.737. The van der Waals surface area contributed by atoms with Crippen molar-refractivity contribution in [3.63, 3.8) is 0 Å². The summed E-state index contributed by atoms with van der Waals surface area (Å²) in [6.07, 6.45) is -4.47. The fourth-order valence-electron chi connectivity index (χ4n) is 7.45. The number of oxime groups is 1. The molecule has 0 amide bonds. The van der Waals surface area contributed by atoms with Crippen molar-refractivity contribution in [2.45, 2.75) is 135 Å². The summed E-state index contributed by atoms with van der Waals surface area (Å²) in [6.45, 7) is 12.0. The van der Waals surface area contributed by atoms with Crippen molar-refractivity contribution in [2.75, 3.05) is 27.3 Å². The average molecular weight is 718 g/mol. The van der Waals surface area contributed by atoms with Gasteiger partial charge in [0.05, 0.1) is 37.1 Å². The molecular weight excluding hydrogens is 658 g/mol. The van der Waals surface area contributed by atoms with E-state index in [1.54, 1.807) is 13.8 Å². The van der Waals surface area contributed by atoms with E-state index in [-0.39, 0.29) is 56.9 Å². The van der Waals surface area contributed by atoms with Crippen molar-refractivity contribution in [1.82, 2.24) is 4.90 Å². The van der Waals surface area contributed by atoms with Gasteiger partial charge in [-0.15, -0.1) is 0 Å². The molecule has 1 aromatic rings. The zero-order valence-electron chi connectivity index (χ0n) is 31.7. The minimum absolute atomic E-state index is 0.0263. The monoisotopic (exact) mass is 717 g/mol. The van der Waals surface area contributed by atoms with Gasteiger partial charge in [0.15, 0.2) is 12.1 Å². The third kappa shape index (κ3) is 9.81. The number of ether oxygens (including phenoxy) is 5. The second kappa shape index (κ2) is 17.4. The largest absolute Gasteiger partial charge is 0.459 e. The van der Waals surface area contributed by atoms with E-state index >= 15 is 0 Å². The Bertz CT molecular complexity index is 1370. The van der Waals surface area contributed by atoms with Gasteiger partial charge in [-0.3, -0.25) is 9.59 Å². The van der Waals surface area contributed by atoms with Gasteiger partial charge in [0, 0.05) is 24.1 Å². The van der Waals surface area contributed by atoms with E-state index in [9.17, 15) is 25.2 Å². The lowest BCUT2D eigenvalue weighted by Gasteiger charge is -2.47. The molecule has 0 radical (unpaired) electrons. The normalized spacial score (nSPS) is 39.9. The Labute approximate surface area is 302 Å². The number of nitrogens with one attached hydrogen (secondary N) is 1. The van der Waals surface area contributed by atoms with Crippen molar-refractivity contribution < 1.29 is 48.3 Å². The lowest BCUT2D eigenvalue weighted by molar-refractivity contribution is -0.296. The van der Waals surface area contributed by atoms with E-state index in [0.29, 0.717) is 12.1 Å². The number of benzene rings is 1. The molecule has 12 atom stereocenters. The Morgan fingerprint density at radius 2 is 1.76 bits per heavy atom. The van der Waals surface area contributed by atoms with Crippen LogP contribution in [0.1, 0.15) is 79.7 Å². The highest BCUT2D eigenvalue weighted by atomic mass is 16.7. The summed E-state index contributed by atoms with van der Waals surface area (Å²) in [4.78, 5) is 35.5. The molecule has 2 bridgehead atoms. The van der Waals surface area contributed by atoms with Crippen LogP contribution in [0.15, 0.2) is 35.5 Å². The lowest BCUT2D eigenvalue weighted by atomic mass is 9.76. The van der Waals surface area contributed by atoms with Gasteiger partial charge < -0.3 is 49.0 Å². The lowest BCUT2D eigenvalue weighted by Crippen LogP contribution is -2.59. The third-order valence-corrected chi connectivity index (χ3v) is 10.8. The van der Waals surface area contributed by atoms with Crippen LogP contribution < -0.4 is 0 Å². The molecule has 0 aromatic heterocycles. The molecule has 0 aliphatic carbocycles. The fourth-order valence-corrected chi connectivity index (χ4v) is 7.45. The average Bonchev–Trinajstić information content (AvgIpc) is 3.11. The topological polar surface area (TPSA) is 169 Å². The van der Waals surface area contributed by atoms with Gasteiger partial charge in [0.25, 0.3) is 0 Å². The number of aliphatic hydroxyl groups is 2. The first-order valence-electron chi connectivity index (χ1n) is 18.1. The molecule has 13 heteroatoms. The number of hydrogen-bond donors (Lipinski definition) is 3. The van der Waals surface area contributed by atoms with E-state index < -0.39 is 71.4 Å². The van der Waals surface area contributed by atoms with E-state index in [2.05, 4.69) is 5.16 Å². The summed E-state index contributed by atoms with van der Waals surface area (Å²) in [5.74, 6) is -3.85. The number of carbonyl (C=O) groups is 2. The van der Waals surface area contributed by atoms with Crippen molar-refractivity contribution in [3.05, 3.63) is 35.9 Å². The predicted octanol–water partition coefficient (Wildman–Crippen LogP) is 3.91. The molecule has 3 aliphatic rings. The Balaban J connectivity index is 1.83. The summed E-state index contributed by atoms with van der Waals surface area (Å²) in [6, 6.07) is 9.27. The smallest absolute Gasteiger partial charge is 0.316 e. The van der Waals surface area contributed by atoms with Crippen LogP contribution in [-0.4, -0.2) is 120 Å². The molecule has 286 valence electrons. The number of carbonyl (C=O) groups excluding carboxylic acids is 2. The summed E-state index contributed by atoms with van der Waals surface area (Å²) in [5.41, 5.74) is -1.48. The van der Waals surface area contributed by atoms with Gasteiger partial charge >= 0.3 is 5.97 Å². The standard InChI is InChI=1S/C38H59N3O10/c1-10-30-38(7,45)31-17-28(39)22(2)18-37(6,47-21-27(20-46-31)40-48-19-26-14-12-11-13-15-26)34(24(4)32(42)25(5)35(44)50-30)51-36-33(43)29(41(8)9)16-23(3)49-36/h11-15,22-25,29-31,33-34,36,39,43,45H,10,16-21H2,1-9H3/b39-28?,40-27-/t22-,23-,24+,25-,29+,30-,31-,33-,34-,36+,37-,38-/m1/s1. The summed E-state index contributed by atoms with van der Waals surface area (Å²) in [7, 11) is 3.76. The Hall–Kier alpha value is -2.78. The van der Waals surface area contributed by atoms with Crippen molar-refractivity contribution in [1.29, 1.82) is 5.41 Å². The predicted molar refractivity (Wildman–Crippen MR) is 190 cm³/mol. The second-order valence-corrected chi connectivity index (χ2v) is 15.3. The minimum Gasteiger partial charge on any atom is -0.459 e. The quantitative estimate of drug-likeness (QED) is 0.212. The highest BCUT2D eigenvalue weighted by molar-refractivity contribution is 6.00. The number of fused-ring (bicyclic) bond motifs is 5. The highest BCUT2D eigenvalue weighted by Gasteiger charge is 2.51. The second-order valence-electron chi connectivity index (χ2n) is 15.3. The van der Waals surface area contributed by atoms with Gasteiger partial charge in [-0.1, -0.05) is 56.3 Å². The van der Waals surface area contributed by atoms with E-state index in [1.807, 2.05) is 70.1 Å². The first kappa shape index (κ1) is 41.0. The van der Waals surface area contributed by atoms with Crippen LogP contribution in [0.2, 0.25) is 0 Å².